The molecule has 99 valence electrons. The SMILES string of the molecule is CN1C(=O)[CH]N=C(c2ccc(F)cc2)c2ccccc21. The Morgan fingerprint density at radius 2 is 1.75 bits per heavy atom. The maximum atomic E-state index is 13.0. The van der Waals surface area contributed by atoms with Gasteiger partial charge in [0.25, 0.3) is 5.91 Å². The van der Waals surface area contributed by atoms with Gasteiger partial charge in [0.1, 0.15) is 5.82 Å². The second kappa shape index (κ2) is 4.89. The number of anilines is 1. The van der Waals surface area contributed by atoms with E-state index in [1.807, 2.05) is 24.3 Å². The largest absolute Gasteiger partial charge is 0.313 e. The molecule has 3 nitrogen and oxygen atoms in total. The van der Waals surface area contributed by atoms with E-state index >= 15 is 0 Å². The van der Waals surface area contributed by atoms with Crippen LogP contribution in [0.25, 0.3) is 0 Å². The lowest BCUT2D eigenvalue weighted by Crippen LogP contribution is -2.25. The number of hydrogen-bond donors (Lipinski definition) is 0. The van der Waals surface area contributed by atoms with Gasteiger partial charge < -0.3 is 4.90 Å². The van der Waals surface area contributed by atoms with Crippen molar-refractivity contribution in [2.75, 3.05) is 11.9 Å². The zero-order valence-electron chi connectivity index (χ0n) is 10.9. The number of para-hydroxylation sites is 1. The fourth-order valence-corrected chi connectivity index (χ4v) is 2.20. The molecule has 1 radical (unpaired) electrons. The lowest BCUT2D eigenvalue weighted by atomic mass is 10.0. The molecule has 3 rings (SSSR count). The Balaban J connectivity index is 2.17. The van der Waals surface area contributed by atoms with Crippen LogP contribution in [0.5, 0.6) is 0 Å². The lowest BCUT2D eigenvalue weighted by Gasteiger charge is -2.17. The van der Waals surface area contributed by atoms with Crippen molar-refractivity contribution in [3.8, 4) is 0 Å². The van der Waals surface area contributed by atoms with Crippen LogP contribution < -0.4 is 4.90 Å². The number of halogens is 1. The standard InChI is InChI=1S/C16H12FN2O/c1-19-14-5-3-2-4-13(14)16(18-10-15(19)20)11-6-8-12(17)9-7-11/h2-10H,1H3. The Kier molecular flexibility index (Phi) is 3.06. The third-order valence-corrected chi connectivity index (χ3v) is 3.27. The Labute approximate surface area is 116 Å². The van der Waals surface area contributed by atoms with E-state index in [1.54, 1.807) is 24.1 Å². The van der Waals surface area contributed by atoms with Crippen LogP contribution in [0.4, 0.5) is 10.1 Å². The Bertz CT molecular complexity index is 692. The highest BCUT2D eigenvalue weighted by Gasteiger charge is 2.22. The van der Waals surface area contributed by atoms with Gasteiger partial charge in [-0.2, -0.15) is 0 Å². The predicted octanol–water partition coefficient (Wildman–Crippen LogP) is 2.80. The molecule has 0 fully saturated rings. The van der Waals surface area contributed by atoms with Crippen molar-refractivity contribution in [1.82, 2.24) is 0 Å². The van der Waals surface area contributed by atoms with E-state index in [1.165, 1.54) is 18.7 Å². The molecule has 0 saturated carbocycles. The van der Waals surface area contributed by atoms with Crippen molar-refractivity contribution in [2.24, 2.45) is 4.99 Å². The summed E-state index contributed by atoms with van der Waals surface area (Å²) in [5, 5.41) is 0. The van der Waals surface area contributed by atoms with Crippen LogP contribution in [0.3, 0.4) is 0 Å². The highest BCUT2D eigenvalue weighted by molar-refractivity contribution is 6.20. The van der Waals surface area contributed by atoms with Crippen LogP contribution in [0, 0.1) is 12.4 Å². The molecule has 0 spiro atoms. The monoisotopic (exact) mass is 267 g/mol. The fraction of sp³-hybridized carbons (Fsp3) is 0.0625. The summed E-state index contributed by atoms with van der Waals surface area (Å²) in [6.45, 7) is 1.29. The molecular weight excluding hydrogens is 255 g/mol. The maximum absolute atomic E-state index is 13.0. The fourth-order valence-electron chi connectivity index (χ4n) is 2.20. The Hall–Kier alpha value is -2.49. The minimum atomic E-state index is -0.298. The third kappa shape index (κ3) is 2.09. The Morgan fingerprint density at radius 3 is 2.50 bits per heavy atom. The van der Waals surface area contributed by atoms with E-state index in [4.69, 9.17) is 0 Å². The summed E-state index contributed by atoms with van der Waals surface area (Å²) in [5.41, 5.74) is 3.08. The molecule has 4 heteroatoms. The maximum Gasteiger partial charge on any atom is 0.254 e. The molecule has 1 heterocycles. The number of carbonyl (C=O) groups is 1. The average molecular weight is 267 g/mol. The first-order valence-corrected chi connectivity index (χ1v) is 6.21. The van der Waals surface area contributed by atoms with Gasteiger partial charge >= 0.3 is 0 Å². The van der Waals surface area contributed by atoms with Crippen LogP contribution in [-0.4, -0.2) is 18.7 Å². The second-order valence-corrected chi connectivity index (χ2v) is 4.53. The van der Waals surface area contributed by atoms with Gasteiger partial charge in [0.2, 0.25) is 0 Å². The van der Waals surface area contributed by atoms with E-state index < -0.39 is 0 Å². The normalized spacial score (nSPS) is 14.6. The molecule has 2 aromatic carbocycles. The molecule has 0 bridgehead atoms. The zero-order chi connectivity index (χ0) is 14.1. The van der Waals surface area contributed by atoms with Crippen molar-refractivity contribution in [1.29, 1.82) is 0 Å². The minimum absolute atomic E-state index is 0.186. The van der Waals surface area contributed by atoms with Crippen molar-refractivity contribution in [3.63, 3.8) is 0 Å². The first kappa shape index (κ1) is 12.5. The Morgan fingerprint density at radius 1 is 1.05 bits per heavy atom. The summed E-state index contributed by atoms with van der Waals surface area (Å²) >= 11 is 0. The van der Waals surface area contributed by atoms with Crippen molar-refractivity contribution in [2.45, 2.75) is 0 Å². The predicted molar refractivity (Wildman–Crippen MR) is 76.2 cm³/mol. The second-order valence-electron chi connectivity index (χ2n) is 4.53. The number of aliphatic imine (C=N–C) groups is 1. The smallest absolute Gasteiger partial charge is 0.254 e. The van der Waals surface area contributed by atoms with Gasteiger partial charge in [0, 0.05) is 18.2 Å². The summed E-state index contributed by atoms with van der Waals surface area (Å²) in [6, 6.07) is 13.6. The molecule has 1 aliphatic heterocycles. The summed E-state index contributed by atoms with van der Waals surface area (Å²) in [7, 11) is 1.71. The van der Waals surface area contributed by atoms with Gasteiger partial charge in [-0.05, 0) is 30.3 Å². The molecular formula is C16H12FN2O. The van der Waals surface area contributed by atoms with Gasteiger partial charge in [-0.15, -0.1) is 0 Å². The molecule has 2 aromatic rings. The molecule has 1 aliphatic rings. The van der Waals surface area contributed by atoms with Crippen molar-refractivity contribution < 1.29 is 9.18 Å². The lowest BCUT2D eigenvalue weighted by molar-refractivity contribution is -0.115. The van der Waals surface area contributed by atoms with Gasteiger partial charge in [0.15, 0.2) is 6.54 Å². The molecule has 0 N–H and O–H groups in total. The molecule has 1 amide bonds. The molecule has 0 atom stereocenters. The number of carbonyl (C=O) groups excluding carboxylic acids is 1. The number of fused-ring (bicyclic) bond motifs is 1. The molecule has 0 saturated heterocycles. The highest BCUT2D eigenvalue weighted by atomic mass is 19.1. The number of likely N-dealkylation sites (N-methyl/N-ethyl adjacent to an activating group) is 1. The van der Waals surface area contributed by atoms with Crippen molar-refractivity contribution in [3.05, 3.63) is 72.0 Å². The number of benzene rings is 2. The number of hydrogen-bond acceptors (Lipinski definition) is 2. The molecule has 0 unspecified atom stereocenters. The number of rotatable bonds is 1. The van der Waals surface area contributed by atoms with E-state index in [0.29, 0.717) is 5.71 Å². The quantitative estimate of drug-likeness (QED) is 0.782. The number of amides is 1. The van der Waals surface area contributed by atoms with Crippen molar-refractivity contribution >= 4 is 17.3 Å². The zero-order valence-corrected chi connectivity index (χ0v) is 10.9. The number of benzodiazepines with no additional fused rings is 1. The van der Waals surface area contributed by atoms with Gasteiger partial charge in [0.05, 0.1) is 11.4 Å². The van der Waals surface area contributed by atoms with E-state index in [0.717, 1.165) is 16.8 Å². The van der Waals surface area contributed by atoms with E-state index in [2.05, 4.69) is 4.99 Å². The summed E-state index contributed by atoms with van der Waals surface area (Å²) in [5.74, 6) is -0.483. The topological polar surface area (TPSA) is 32.7 Å². The first-order chi connectivity index (χ1) is 9.66. The first-order valence-electron chi connectivity index (χ1n) is 6.21. The summed E-state index contributed by atoms with van der Waals surface area (Å²) < 4.78 is 13.0. The minimum Gasteiger partial charge on any atom is -0.313 e. The van der Waals surface area contributed by atoms with Crippen LogP contribution in [-0.2, 0) is 4.79 Å². The van der Waals surface area contributed by atoms with E-state index in [9.17, 15) is 9.18 Å². The summed E-state index contributed by atoms with van der Waals surface area (Å²) in [4.78, 5) is 17.7. The van der Waals surface area contributed by atoms with Gasteiger partial charge in [-0.3, -0.25) is 9.79 Å². The number of nitrogens with zero attached hydrogens (tertiary/aromatic N) is 2. The highest BCUT2D eigenvalue weighted by Crippen LogP contribution is 2.26. The molecule has 0 aromatic heterocycles. The van der Waals surface area contributed by atoms with E-state index in [-0.39, 0.29) is 11.7 Å². The van der Waals surface area contributed by atoms with Gasteiger partial charge in [-0.25, -0.2) is 4.39 Å². The summed E-state index contributed by atoms with van der Waals surface area (Å²) in [6.07, 6.45) is 0. The third-order valence-electron chi connectivity index (χ3n) is 3.27. The van der Waals surface area contributed by atoms with Gasteiger partial charge in [-0.1, -0.05) is 18.2 Å². The molecule has 0 aliphatic carbocycles. The van der Waals surface area contributed by atoms with Crippen LogP contribution >= 0.6 is 0 Å². The average Bonchev–Trinajstić information content (AvgIpc) is 2.60. The molecule has 20 heavy (non-hydrogen) atoms. The van der Waals surface area contributed by atoms with Crippen LogP contribution in [0.1, 0.15) is 11.1 Å². The van der Waals surface area contributed by atoms with Crippen LogP contribution in [0.2, 0.25) is 0 Å². The van der Waals surface area contributed by atoms with Crippen LogP contribution in [0.15, 0.2) is 53.5 Å².